The van der Waals surface area contributed by atoms with Gasteiger partial charge in [0, 0.05) is 0 Å². The van der Waals surface area contributed by atoms with Crippen LogP contribution >= 0.6 is 0 Å². The lowest BCUT2D eigenvalue weighted by Crippen LogP contribution is -2.25. The second-order valence-electron chi connectivity index (χ2n) is 7.43. The van der Waals surface area contributed by atoms with E-state index in [1.165, 1.54) is 31.7 Å². The van der Waals surface area contributed by atoms with E-state index in [1.54, 1.807) is 6.07 Å². The first-order valence-electron chi connectivity index (χ1n) is 8.73. The largest absolute Gasteiger partial charge is 0.505 e. The zero-order valence-corrected chi connectivity index (χ0v) is 13.3. The van der Waals surface area contributed by atoms with Crippen LogP contribution in [0.4, 0.5) is 8.78 Å². The molecule has 0 atom stereocenters. The fraction of sp³-hybridized carbons (Fsp3) is 0.684. The third-order valence-corrected chi connectivity index (χ3v) is 6.03. The molecule has 0 bridgehead atoms. The van der Waals surface area contributed by atoms with Gasteiger partial charge < -0.3 is 5.11 Å². The Bertz CT molecular complexity index is 512. The van der Waals surface area contributed by atoms with Gasteiger partial charge in [-0.15, -0.1) is 0 Å². The summed E-state index contributed by atoms with van der Waals surface area (Å²) in [5.41, 5.74) is 0.450. The first-order valence-corrected chi connectivity index (χ1v) is 8.73. The molecule has 0 aliphatic heterocycles. The van der Waals surface area contributed by atoms with Crippen LogP contribution in [0.2, 0.25) is 0 Å². The molecule has 2 aliphatic carbocycles. The van der Waals surface area contributed by atoms with Crippen LogP contribution in [0.25, 0.3) is 0 Å². The SMILES string of the molecule is CC1CCC(C2CCC(c3ccc(O)c(F)c3F)CC2)CC1. The maximum atomic E-state index is 14.0. The molecular weight excluding hydrogens is 282 g/mol. The van der Waals surface area contributed by atoms with Crippen LogP contribution in [-0.4, -0.2) is 5.11 Å². The van der Waals surface area contributed by atoms with E-state index in [4.69, 9.17) is 0 Å². The van der Waals surface area contributed by atoms with Gasteiger partial charge in [-0.05, 0) is 73.8 Å². The third-order valence-electron chi connectivity index (χ3n) is 6.03. The number of aromatic hydroxyl groups is 1. The number of hydrogen-bond acceptors (Lipinski definition) is 1. The molecule has 0 spiro atoms. The second-order valence-corrected chi connectivity index (χ2v) is 7.43. The van der Waals surface area contributed by atoms with Crippen LogP contribution in [0.5, 0.6) is 5.75 Å². The van der Waals surface area contributed by atoms with E-state index in [1.807, 2.05) is 0 Å². The summed E-state index contributed by atoms with van der Waals surface area (Å²) >= 11 is 0. The standard InChI is InChI=1S/C19H26F2O/c1-12-2-4-13(5-3-12)14-6-8-15(9-7-14)16-10-11-17(22)19(21)18(16)20/h10-15,22H,2-9H2,1H3. The number of hydrogen-bond donors (Lipinski definition) is 1. The number of rotatable bonds is 2. The molecular formula is C19H26F2O. The lowest BCUT2D eigenvalue weighted by atomic mass is 9.68. The zero-order chi connectivity index (χ0) is 15.7. The van der Waals surface area contributed by atoms with Gasteiger partial charge in [-0.2, -0.15) is 4.39 Å². The molecule has 3 rings (SSSR count). The summed E-state index contributed by atoms with van der Waals surface area (Å²) in [5, 5.41) is 9.24. The maximum Gasteiger partial charge on any atom is 0.200 e. The summed E-state index contributed by atoms with van der Waals surface area (Å²) in [4.78, 5) is 0. The summed E-state index contributed by atoms with van der Waals surface area (Å²) in [6.07, 6.45) is 9.54. The highest BCUT2D eigenvalue weighted by atomic mass is 19.2. The van der Waals surface area contributed by atoms with Gasteiger partial charge in [-0.1, -0.05) is 25.8 Å². The zero-order valence-electron chi connectivity index (χ0n) is 13.3. The van der Waals surface area contributed by atoms with Crippen molar-refractivity contribution in [1.29, 1.82) is 0 Å². The Balaban J connectivity index is 1.61. The van der Waals surface area contributed by atoms with Crippen LogP contribution < -0.4 is 0 Å². The molecule has 22 heavy (non-hydrogen) atoms. The Labute approximate surface area is 131 Å². The topological polar surface area (TPSA) is 20.2 Å². The normalized spacial score (nSPS) is 32.9. The number of phenolic OH excluding ortho intramolecular Hbond substituents is 1. The van der Waals surface area contributed by atoms with Crippen molar-refractivity contribution >= 4 is 0 Å². The van der Waals surface area contributed by atoms with Crippen LogP contribution in [0, 0.1) is 29.4 Å². The average Bonchev–Trinajstić information content (AvgIpc) is 2.54. The van der Waals surface area contributed by atoms with Crippen molar-refractivity contribution in [3.05, 3.63) is 29.3 Å². The summed E-state index contributed by atoms with van der Waals surface area (Å²) < 4.78 is 27.5. The predicted octanol–water partition coefficient (Wildman–Crippen LogP) is 5.77. The van der Waals surface area contributed by atoms with Gasteiger partial charge in [0.15, 0.2) is 11.6 Å². The smallest absolute Gasteiger partial charge is 0.200 e. The molecule has 122 valence electrons. The Hall–Kier alpha value is -1.12. The Morgan fingerprint density at radius 1 is 0.818 bits per heavy atom. The van der Waals surface area contributed by atoms with Crippen molar-refractivity contribution in [3.8, 4) is 5.75 Å². The molecule has 0 heterocycles. The van der Waals surface area contributed by atoms with E-state index in [9.17, 15) is 13.9 Å². The molecule has 1 aromatic rings. The minimum Gasteiger partial charge on any atom is -0.505 e. The summed E-state index contributed by atoms with van der Waals surface area (Å²) in [6, 6.07) is 2.84. The van der Waals surface area contributed by atoms with Crippen LogP contribution in [-0.2, 0) is 0 Å². The van der Waals surface area contributed by atoms with Crippen LogP contribution in [0.1, 0.15) is 69.8 Å². The maximum absolute atomic E-state index is 14.0. The van der Waals surface area contributed by atoms with Gasteiger partial charge in [0.05, 0.1) is 0 Å². The molecule has 0 saturated heterocycles. The van der Waals surface area contributed by atoms with Gasteiger partial charge in [0.25, 0.3) is 0 Å². The third kappa shape index (κ3) is 3.13. The number of phenols is 1. The molecule has 0 aromatic heterocycles. The number of benzene rings is 1. The van der Waals surface area contributed by atoms with Crippen molar-refractivity contribution in [3.63, 3.8) is 0 Å². The van der Waals surface area contributed by atoms with E-state index in [0.29, 0.717) is 5.56 Å². The fourth-order valence-electron chi connectivity index (χ4n) is 4.53. The van der Waals surface area contributed by atoms with E-state index in [0.717, 1.165) is 43.4 Å². The number of halogens is 2. The lowest BCUT2D eigenvalue weighted by Gasteiger charge is -2.37. The van der Waals surface area contributed by atoms with Gasteiger partial charge in [0.1, 0.15) is 0 Å². The van der Waals surface area contributed by atoms with Crippen LogP contribution in [0.15, 0.2) is 12.1 Å². The van der Waals surface area contributed by atoms with E-state index < -0.39 is 17.4 Å². The molecule has 1 aromatic carbocycles. The molecule has 0 amide bonds. The van der Waals surface area contributed by atoms with Gasteiger partial charge in [-0.25, -0.2) is 4.39 Å². The Morgan fingerprint density at radius 2 is 1.36 bits per heavy atom. The van der Waals surface area contributed by atoms with Gasteiger partial charge >= 0.3 is 0 Å². The quantitative estimate of drug-likeness (QED) is 0.735. The molecule has 2 saturated carbocycles. The predicted molar refractivity (Wildman–Crippen MR) is 83.8 cm³/mol. The van der Waals surface area contributed by atoms with E-state index in [-0.39, 0.29) is 5.92 Å². The van der Waals surface area contributed by atoms with Crippen LogP contribution in [0.3, 0.4) is 0 Å². The molecule has 0 radical (unpaired) electrons. The molecule has 3 heteroatoms. The first kappa shape index (κ1) is 15.8. The molecule has 1 N–H and O–H groups in total. The molecule has 2 fully saturated rings. The fourth-order valence-corrected chi connectivity index (χ4v) is 4.53. The minimum atomic E-state index is -1.10. The monoisotopic (exact) mass is 308 g/mol. The highest BCUT2D eigenvalue weighted by Gasteiger charge is 2.31. The van der Waals surface area contributed by atoms with Crippen molar-refractivity contribution < 1.29 is 13.9 Å². The van der Waals surface area contributed by atoms with Gasteiger partial charge in [-0.3, -0.25) is 0 Å². The van der Waals surface area contributed by atoms with Crippen molar-refractivity contribution in [2.45, 2.75) is 64.2 Å². The highest BCUT2D eigenvalue weighted by molar-refractivity contribution is 5.32. The first-order chi connectivity index (χ1) is 10.6. The Kier molecular flexibility index (Phi) is 4.70. The molecule has 0 unspecified atom stereocenters. The van der Waals surface area contributed by atoms with E-state index >= 15 is 0 Å². The minimum absolute atomic E-state index is 0.105. The Morgan fingerprint density at radius 3 is 1.95 bits per heavy atom. The molecule has 2 aliphatic rings. The van der Waals surface area contributed by atoms with Crippen molar-refractivity contribution in [2.24, 2.45) is 17.8 Å². The van der Waals surface area contributed by atoms with E-state index in [2.05, 4.69) is 6.92 Å². The van der Waals surface area contributed by atoms with Crippen molar-refractivity contribution in [2.75, 3.05) is 0 Å². The summed E-state index contributed by atoms with van der Waals surface area (Å²) in [6.45, 7) is 2.34. The summed E-state index contributed by atoms with van der Waals surface area (Å²) in [7, 11) is 0. The highest BCUT2D eigenvalue weighted by Crippen LogP contribution is 2.44. The van der Waals surface area contributed by atoms with Gasteiger partial charge in [0.2, 0.25) is 5.82 Å². The molecule has 1 nitrogen and oxygen atoms in total. The summed E-state index contributed by atoms with van der Waals surface area (Å²) in [5.74, 6) is 0.0601. The lowest BCUT2D eigenvalue weighted by molar-refractivity contribution is 0.164. The average molecular weight is 308 g/mol. The second kappa shape index (κ2) is 6.55. The van der Waals surface area contributed by atoms with Crippen molar-refractivity contribution in [1.82, 2.24) is 0 Å².